The number of hydrogen-bond acceptors (Lipinski definition) is 4. The Balaban J connectivity index is 0.00000210. The number of imidazole rings is 1. The van der Waals surface area contributed by atoms with Crippen molar-refractivity contribution in [1.29, 1.82) is 5.41 Å². The van der Waals surface area contributed by atoms with E-state index in [0.29, 0.717) is 17.1 Å². The molecule has 7 heteroatoms. The van der Waals surface area contributed by atoms with Gasteiger partial charge in [0.15, 0.2) is 0 Å². The lowest BCUT2D eigenvalue weighted by Crippen LogP contribution is -2.26. The topological polar surface area (TPSA) is 85.2 Å². The van der Waals surface area contributed by atoms with Gasteiger partial charge in [0.25, 0.3) is 0 Å². The standard InChI is InChI=1S/C20H20N4O2.ClH/c1-11-4-6-13-14(8-11)23-20(22-13)18-16(25)10-24(19(18)21)15-9-12(2)5-7-17(15)26-3;/h4-9,21,25H,10H2,1-3H3,(H,22,23);1H. The predicted octanol–water partition coefficient (Wildman–Crippen LogP) is 4.38. The minimum Gasteiger partial charge on any atom is -0.509 e. The fourth-order valence-corrected chi connectivity index (χ4v) is 3.29. The molecule has 4 rings (SSSR count). The molecule has 1 aliphatic heterocycles. The number of ether oxygens (including phenoxy) is 1. The smallest absolute Gasteiger partial charge is 0.145 e. The quantitative estimate of drug-likeness (QED) is 0.625. The SMILES string of the molecule is COc1ccc(C)cc1N1CC(O)=C(c2nc3ccc(C)cc3[nH]2)C1=N.Cl. The van der Waals surface area contributed by atoms with Crippen LogP contribution in [0.15, 0.2) is 42.2 Å². The third-order valence-corrected chi connectivity index (χ3v) is 4.60. The molecule has 0 unspecified atom stereocenters. The maximum atomic E-state index is 10.6. The number of fused-ring (bicyclic) bond motifs is 1. The molecule has 2 heterocycles. The normalized spacial score (nSPS) is 14.0. The maximum Gasteiger partial charge on any atom is 0.145 e. The Hall–Kier alpha value is -2.99. The Kier molecular flexibility index (Phi) is 4.85. The first-order valence-electron chi connectivity index (χ1n) is 8.38. The number of nitrogens with zero attached hydrogens (tertiary/aromatic N) is 2. The van der Waals surface area contributed by atoms with Crippen molar-refractivity contribution in [2.24, 2.45) is 0 Å². The number of halogens is 1. The van der Waals surface area contributed by atoms with Crippen molar-refractivity contribution in [3.63, 3.8) is 0 Å². The second-order valence-corrected chi connectivity index (χ2v) is 6.54. The molecule has 0 spiro atoms. The molecule has 2 aromatic carbocycles. The highest BCUT2D eigenvalue weighted by atomic mass is 35.5. The fourth-order valence-electron chi connectivity index (χ4n) is 3.29. The highest BCUT2D eigenvalue weighted by Gasteiger charge is 2.32. The van der Waals surface area contributed by atoms with E-state index in [1.165, 1.54) is 0 Å². The van der Waals surface area contributed by atoms with Crippen LogP contribution in [-0.2, 0) is 0 Å². The number of aliphatic hydroxyl groups is 1. The van der Waals surface area contributed by atoms with E-state index in [9.17, 15) is 5.11 Å². The molecule has 1 aromatic heterocycles. The van der Waals surface area contributed by atoms with Crippen molar-refractivity contribution in [2.75, 3.05) is 18.6 Å². The van der Waals surface area contributed by atoms with Crippen molar-refractivity contribution in [3.05, 3.63) is 59.1 Å². The molecule has 3 N–H and O–H groups in total. The number of methoxy groups -OCH3 is 1. The second-order valence-electron chi connectivity index (χ2n) is 6.54. The number of aromatic nitrogens is 2. The van der Waals surface area contributed by atoms with Gasteiger partial charge in [-0.1, -0.05) is 12.1 Å². The van der Waals surface area contributed by atoms with Crippen LogP contribution in [0.1, 0.15) is 17.0 Å². The molecule has 0 saturated carbocycles. The number of aromatic amines is 1. The van der Waals surface area contributed by atoms with Gasteiger partial charge in [-0.25, -0.2) is 4.98 Å². The lowest BCUT2D eigenvalue weighted by molar-refractivity contribution is 0.406. The molecule has 6 nitrogen and oxygen atoms in total. The molecule has 0 bridgehead atoms. The predicted molar refractivity (Wildman–Crippen MR) is 110 cm³/mol. The van der Waals surface area contributed by atoms with Crippen molar-refractivity contribution < 1.29 is 9.84 Å². The van der Waals surface area contributed by atoms with Crippen LogP contribution >= 0.6 is 12.4 Å². The van der Waals surface area contributed by atoms with Gasteiger partial charge in [-0.2, -0.15) is 0 Å². The van der Waals surface area contributed by atoms with E-state index in [2.05, 4.69) is 9.97 Å². The molecule has 0 amide bonds. The highest BCUT2D eigenvalue weighted by Crippen LogP contribution is 2.36. The summed E-state index contributed by atoms with van der Waals surface area (Å²) in [6.45, 7) is 4.21. The van der Waals surface area contributed by atoms with E-state index in [4.69, 9.17) is 10.1 Å². The zero-order valence-corrected chi connectivity index (χ0v) is 16.1. The van der Waals surface area contributed by atoms with Crippen LogP contribution in [0.3, 0.4) is 0 Å². The largest absolute Gasteiger partial charge is 0.509 e. The molecule has 140 valence electrons. The van der Waals surface area contributed by atoms with Crippen molar-refractivity contribution in [1.82, 2.24) is 9.97 Å². The number of rotatable bonds is 3. The third-order valence-electron chi connectivity index (χ3n) is 4.60. The van der Waals surface area contributed by atoms with Gasteiger partial charge in [0, 0.05) is 0 Å². The van der Waals surface area contributed by atoms with Crippen LogP contribution in [-0.4, -0.2) is 34.6 Å². The lowest BCUT2D eigenvalue weighted by atomic mass is 10.2. The number of aryl methyl sites for hydroxylation is 2. The number of anilines is 1. The van der Waals surface area contributed by atoms with E-state index < -0.39 is 0 Å². The molecule has 0 atom stereocenters. The van der Waals surface area contributed by atoms with Gasteiger partial charge in [-0.05, 0) is 49.2 Å². The summed E-state index contributed by atoms with van der Waals surface area (Å²) in [6.07, 6.45) is 0. The summed E-state index contributed by atoms with van der Waals surface area (Å²) in [5, 5.41) is 19.2. The third kappa shape index (κ3) is 3.13. The summed E-state index contributed by atoms with van der Waals surface area (Å²) in [5.41, 5.74) is 5.05. The van der Waals surface area contributed by atoms with Gasteiger partial charge in [-0.3, -0.25) is 5.41 Å². The average Bonchev–Trinajstić information content (AvgIpc) is 3.14. The van der Waals surface area contributed by atoms with Crippen LogP contribution in [0.25, 0.3) is 16.6 Å². The highest BCUT2D eigenvalue weighted by molar-refractivity contribution is 6.30. The van der Waals surface area contributed by atoms with Gasteiger partial charge < -0.3 is 19.7 Å². The zero-order valence-electron chi connectivity index (χ0n) is 15.3. The van der Waals surface area contributed by atoms with Crippen LogP contribution in [0.4, 0.5) is 5.69 Å². The van der Waals surface area contributed by atoms with Gasteiger partial charge >= 0.3 is 0 Å². The first kappa shape index (κ1) is 18.8. The Labute approximate surface area is 163 Å². The number of amidine groups is 1. The summed E-state index contributed by atoms with van der Waals surface area (Å²) in [5.74, 6) is 1.48. The minimum atomic E-state index is 0. The van der Waals surface area contributed by atoms with Gasteiger partial charge in [0.1, 0.15) is 23.2 Å². The molecule has 0 aliphatic carbocycles. The Morgan fingerprint density at radius 3 is 2.59 bits per heavy atom. The Bertz CT molecular complexity index is 1070. The van der Waals surface area contributed by atoms with E-state index in [1.807, 2.05) is 50.2 Å². The molecule has 3 aromatic rings. The number of H-pyrrole nitrogens is 1. The molecule has 0 fully saturated rings. The summed E-state index contributed by atoms with van der Waals surface area (Å²) >= 11 is 0. The number of nitrogens with one attached hydrogen (secondary N) is 2. The Morgan fingerprint density at radius 2 is 1.85 bits per heavy atom. The van der Waals surface area contributed by atoms with Crippen LogP contribution in [0.5, 0.6) is 5.75 Å². The monoisotopic (exact) mass is 384 g/mol. The second kappa shape index (κ2) is 6.96. The summed E-state index contributed by atoms with van der Waals surface area (Å²) in [7, 11) is 1.60. The average molecular weight is 385 g/mol. The van der Waals surface area contributed by atoms with Crippen LogP contribution in [0.2, 0.25) is 0 Å². The van der Waals surface area contributed by atoms with Crippen LogP contribution < -0.4 is 9.64 Å². The zero-order chi connectivity index (χ0) is 18.4. The molecular formula is C20H21ClN4O2. The molecule has 0 saturated heterocycles. The summed E-state index contributed by atoms with van der Waals surface area (Å²) < 4.78 is 5.44. The first-order valence-corrected chi connectivity index (χ1v) is 8.38. The van der Waals surface area contributed by atoms with Gasteiger partial charge in [-0.15, -0.1) is 12.4 Å². The Morgan fingerprint density at radius 1 is 1.15 bits per heavy atom. The minimum absolute atomic E-state index is 0. The first-order chi connectivity index (χ1) is 12.5. The molecular weight excluding hydrogens is 364 g/mol. The molecule has 0 radical (unpaired) electrons. The number of hydrogen-bond donors (Lipinski definition) is 3. The molecule has 27 heavy (non-hydrogen) atoms. The van der Waals surface area contributed by atoms with E-state index in [1.54, 1.807) is 12.0 Å². The van der Waals surface area contributed by atoms with E-state index >= 15 is 0 Å². The summed E-state index contributed by atoms with van der Waals surface area (Å²) in [4.78, 5) is 9.51. The van der Waals surface area contributed by atoms with E-state index in [0.717, 1.165) is 27.8 Å². The number of aliphatic hydroxyl groups excluding tert-OH is 1. The summed E-state index contributed by atoms with van der Waals surface area (Å²) in [6, 6.07) is 11.7. The van der Waals surface area contributed by atoms with Gasteiger partial charge in [0.05, 0.1) is 35.9 Å². The van der Waals surface area contributed by atoms with Crippen LogP contribution in [0, 0.1) is 19.3 Å². The van der Waals surface area contributed by atoms with Crippen molar-refractivity contribution in [2.45, 2.75) is 13.8 Å². The van der Waals surface area contributed by atoms with Crippen molar-refractivity contribution >= 4 is 40.5 Å². The lowest BCUT2D eigenvalue weighted by Gasteiger charge is -2.21. The van der Waals surface area contributed by atoms with Crippen molar-refractivity contribution in [3.8, 4) is 5.75 Å². The maximum absolute atomic E-state index is 10.6. The number of benzene rings is 2. The molecule has 1 aliphatic rings. The van der Waals surface area contributed by atoms with Gasteiger partial charge in [0.2, 0.25) is 0 Å². The fraction of sp³-hybridized carbons (Fsp3) is 0.200. The van der Waals surface area contributed by atoms with E-state index in [-0.39, 0.29) is 30.5 Å².